The largest absolute Gasteiger partial charge is 0.492 e. The Morgan fingerprint density at radius 3 is 2.15 bits per heavy atom. The van der Waals surface area contributed by atoms with Crippen molar-refractivity contribution in [2.75, 3.05) is 26.2 Å². The van der Waals surface area contributed by atoms with Gasteiger partial charge in [0.25, 0.3) is 5.91 Å². The van der Waals surface area contributed by atoms with Gasteiger partial charge in [-0.05, 0) is 67.1 Å². The van der Waals surface area contributed by atoms with Crippen LogP contribution in [0.25, 0.3) is 0 Å². The van der Waals surface area contributed by atoms with Crippen molar-refractivity contribution in [3.63, 3.8) is 0 Å². The normalized spacial score (nSPS) is 15.8. The molecule has 0 saturated carbocycles. The summed E-state index contributed by atoms with van der Waals surface area (Å²) in [4.78, 5) is 12.6. The summed E-state index contributed by atoms with van der Waals surface area (Å²) in [7, 11) is -3.43. The molecule has 1 heterocycles. The standard InChI is InChI=1S/C25H34N2O5S/c1-19(32-22-9-7-20(8-10-22)25(2,3)4)24(28)26-15-18-31-21-11-13-23(14-12-21)33(29,30)27-16-5-6-17-27/h7-14,19H,5-6,15-18H2,1-4H3,(H,26,28)/t19-/m0/s1. The maximum absolute atomic E-state index is 12.6. The van der Waals surface area contributed by atoms with Crippen molar-refractivity contribution in [3.05, 3.63) is 54.1 Å². The van der Waals surface area contributed by atoms with E-state index in [9.17, 15) is 13.2 Å². The Morgan fingerprint density at radius 1 is 1.00 bits per heavy atom. The number of hydrogen-bond acceptors (Lipinski definition) is 5. The summed E-state index contributed by atoms with van der Waals surface area (Å²) in [5.74, 6) is 0.962. The van der Waals surface area contributed by atoms with Crippen LogP contribution in [0.4, 0.5) is 0 Å². The van der Waals surface area contributed by atoms with Crippen LogP contribution in [-0.4, -0.2) is 51.0 Å². The number of carbonyl (C=O) groups is 1. The average molecular weight is 475 g/mol. The zero-order valence-corrected chi connectivity index (χ0v) is 20.7. The first-order valence-electron chi connectivity index (χ1n) is 11.4. The van der Waals surface area contributed by atoms with Gasteiger partial charge in [-0.3, -0.25) is 4.79 Å². The molecule has 1 saturated heterocycles. The Kier molecular flexibility index (Phi) is 8.02. The van der Waals surface area contributed by atoms with Gasteiger partial charge in [0.15, 0.2) is 6.10 Å². The van der Waals surface area contributed by atoms with Crippen LogP contribution >= 0.6 is 0 Å². The molecule has 1 amide bonds. The molecular formula is C25H34N2O5S. The zero-order valence-electron chi connectivity index (χ0n) is 19.8. The Labute approximate surface area is 197 Å². The van der Waals surface area contributed by atoms with Crippen molar-refractivity contribution < 1.29 is 22.7 Å². The highest BCUT2D eigenvalue weighted by atomic mass is 32.2. The molecule has 33 heavy (non-hydrogen) atoms. The van der Waals surface area contributed by atoms with E-state index in [-0.39, 0.29) is 22.8 Å². The molecule has 2 aromatic carbocycles. The van der Waals surface area contributed by atoms with Gasteiger partial charge in [0, 0.05) is 13.1 Å². The van der Waals surface area contributed by atoms with Crippen LogP contribution in [0.1, 0.15) is 46.1 Å². The van der Waals surface area contributed by atoms with E-state index in [1.54, 1.807) is 31.2 Å². The molecule has 1 fully saturated rings. The van der Waals surface area contributed by atoms with Gasteiger partial charge >= 0.3 is 0 Å². The van der Waals surface area contributed by atoms with Crippen LogP contribution in [0.5, 0.6) is 11.5 Å². The predicted octanol–water partition coefficient (Wildman–Crippen LogP) is 3.73. The first kappa shape index (κ1) is 25.1. The van der Waals surface area contributed by atoms with Gasteiger partial charge in [0.1, 0.15) is 18.1 Å². The van der Waals surface area contributed by atoms with E-state index >= 15 is 0 Å². The second-order valence-corrected chi connectivity index (χ2v) is 11.2. The van der Waals surface area contributed by atoms with Crippen molar-refractivity contribution in [1.29, 1.82) is 0 Å². The Morgan fingerprint density at radius 2 is 1.58 bits per heavy atom. The van der Waals surface area contributed by atoms with Gasteiger partial charge in [-0.2, -0.15) is 4.31 Å². The monoisotopic (exact) mass is 474 g/mol. The zero-order chi connectivity index (χ0) is 24.1. The molecule has 0 unspecified atom stereocenters. The number of amides is 1. The third-order valence-corrected chi connectivity index (χ3v) is 7.51. The van der Waals surface area contributed by atoms with Gasteiger partial charge in [-0.25, -0.2) is 8.42 Å². The van der Waals surface area contributed by atoms with Crippen molar-refractivity contribution in [1.82, 2.24) is 9.62 Å². The summed E-state index contributed by atoms with van der Waals surface area (Å²) in [6, 6.07) is 14.2. The third-order valence-electron chi connectivity index (χ3n) is 5.60. The minimum absolute atomic E-state index is 0.0595. The molecule has 0 aromatic heterocycles. The molecule has 3 rings (SSSR count). The second kappa shape index (κ2) is 10.6. The number of hydrogen-bond donors (Lipinski definition) is 1. The lowest BCUT2D eigenvalue weighted by Crippen LogP contribution is -2.38. The van der Waals surface area contributed by atoms with Crippen LogP contribution in [0.15, 0.2) is 53.4 Å². The lowest BCUT2D eigenvalue weighted by molar-refractivity contribution is -0.127. The molecule has 1 N–H and O–H groups in total. The highest BCUT2D eigenvalue weighted by Gasteiger charge is 2.27. The van der Waals surface area contributed by atoms with Crippen LogP contribution < -0.4 is 14.8 Å². The maximum atomic E-state index is 12.6. The number of benzene rings is 2. The molecule has 0 aliphatic carbocycles. The third kappa shape index (κ3) is 6.71. The maximum Gasteiger partial charge on any atom is 0.260 e. The molecule has 2 aromatic rings. The summed E-state index contributed by atoms with van der Waals surface area (Å²) in [5, 5.41) is 2.79. The van der Waals surface area contributed by atoms with Crippen molar-refractivity contribution in [2.45, 2.75) is 57.0 Å². The van der Waals surface area contributed by atoms with Gasteiger partial charge < -0.3 is 14.8 Å². The fourth-order valence-electron chi connectivity index (χ4n) is 3.56. The van der Waals surface area contributed by atoms with Crippen molar-refractivity contribution in [2.24, 2.45) is 0 Å². The van der Waals surface area contributed by atoms with Crippen LogP contribution in [0.2, 0.25) is 0 Å². The van der Waals surface area contributed by atoms with E-state index in [0.29, 0.717) is 31.1 Å². The Hall–Kier alpha value is -2.58. The Bertz CT molecular complexity index is 1020. The van der Waals surface area contributed by atoms with Gasteiger partial charge in [0.2, 0.25) is 10.0 Å². The first-order chi connectivity index (χ1) is 15.6. The molecule has 0 radical (unpaired) electrons. The number of carbonyl (C=O) groups excluding carboxylic acids is 1. The molecule has 0 bridgehead atoms. The first-order valence-corrected chi connectivity index (χ1v) is 12.8. The molecule has 7 nitrogen and oxygen atoms in total. The van der Waals surface area contributed by atoms with E-state index in [1.165, 1.54) is 9.87 Å². The van der Waals surface area contributed by atoms with Gasteiger partial charge in [-0.1, -0.05) is 32.9 Å². The fraction of sp³-hybridized carbons (Fsp3) is 0.480. The molecule has 0 spiro atoms. The van der Waals surface area contributed by atoms with E-state index in [4.69, 9.17) is 9.47 Å². The number of rotatable bonds is 9. The predicted molar refractivity (Wildman–Crippen MR) is 128 cm³/mol. The van der Waals surface area contributed by atoms with E-state index in [0.717, 1.165) is 12.8 Å². The minimum Gasteiger partial charge on any atom is -0.492 e. The SMILES string of the molecule is C[C@H](Oc1ccc(C(C)(C)C)cc1)C(=O)NCCOc1ccc(S(=O)(=O)N2CCCC2)cc1. The van der Waals surface area contributed by atoms with E-state index in [1.807, 2.05) is 24.3 Å². The van der Waals surface area contributed by atoms with Crippen LogP contribution in [-0.2, 0) is 20.2 Å². The number of nitrogens with one attached hydrogen (secondary N) is 1. The highest BCUT2D eigenvalue weighted by molar-refractivity contribution is 7.89. The van der Waals surface area contributed by atoms with Gasteiger partial charge in [-0.15, -0.1) is 0 Å². The number of sulfonamides is 1. The summed E-state index contributed by atoms with van der Waals surface area (Å²) < 4.78 is 38.0. The fourth-order valence-corrected chi connectivity index (χ4v) is 5.08. The summed E-state index contributed by atoms with van der Waals surface area (Å²) in [6.45, 7) is 9.85. The van der Waals surface area contributed by atoms with Crippen LogP contribution in [0, 0.1) is 0 Å². The topological polar surface area (TPSA) is 84.9 Å². The van der Waals surface area contributed by atoms with Crippen molar-refractivity contribution in [3.8, 4) is 11.5 Å². The van der Waals surface area contributed by atoms with Gasteiger partial charge in [0.05, 0.1) is 11.4 Å². The molecule has 180 valence electrons. The second-order valence-electron chi connectivity index (χ2n) is 9.26. The molecule has 1 atom stereocenters. The smallest absolute Gasteiger partial charge is 0.260 e. The van der Waals surface area contributed by atoms with Crippen molar-refractivity contribution >= 4 is 15.9 Å². The molecule has 1 aliphatic heterocycles. The molecular weight excluding hydrogens is 440 g/mol. The summed E-state index contributed by atoms with van der Waals surface area (Å²) >= 11 is 0. The van der Waals surface area contributed by atoms with E-state index < -0.39 is 16.1 Å². The van der Waals surface area contributed by atoms with Crippen LogP contribution in [0.3, 0.4) is 0 Å². The number of ether oxygens (including phenoxy) is 2. The number of nitrogens with zero attached hydrogens (tertiary/aromatic N) is 1. The summed E-state index contributed by atoms with van der Waals surface area (Å²) in [6.07, 6.45) is 1.17. The minimum atomic E-state index is -3.43. The lowest BCUT2D eigenvalue weighted by Gasteiger charge is -2.20. The Balaban J connectivity index is 1.41. The molecule has 8 heteroatoms. The van der Waals surface area contributed by atoms with E-state index in [2.05, 4.69) is 26.1 Å². The quantitative estimate of drug-likeness (QED) is 0.560. The molecule has 1 aliphatic rings. The summed E-state index contributed by atoms with van der Waals surface area (Å²) in [5.41, 5.74) is 1.26. The lowest BCUT2D eigenvalue weighted by atomic mass is 9.87. The highest BCUT2D eigenvalue weighted by Crippen LogP contribution is 2.25. The average Bonchev–Trinajstić information content (AvgIpc) is 3.32.